The van der Waals surface area contributed by atoms with Crippen molar-refractivity contribution in [2.75, 3.05) is 11.5 Å². The highest BCUT2D eigenvalue weighted by Gasteiger charge is 2.24. The number of thioether (sulfide) groups is 1. The molecule has 1 aromatic rings. The number of aromatic hydroxyl groups is 1. The quantitative estimate of drug-likeness (QED) is 0.397. The Morgan fingerprint density at radius 2 is 1.64 bits per heavy atom. The lowest BCUT2D eigenvalue weighted by molar-refractivity contribution is 0.258. The lowest BCUT2D eigenvalue weighted by atomic mass is 10.1. The number of hydrogen-bond donors (Lipinski definition) is 1. The van der Waals surface area contributed by atoms with Crippen LogP contribution in [0.15, 0.2) is 12.1 Å². The van der Waals surface area contributed by atoms with E-state index in [1.807, 2.05) is 24.8 Å². The first-order valence-corrected chi connectivity index (χ1v) is 11.4. The average Bonchev–Trinajstić information content (AvgIpc) is 2.99. The molecule has 3 heteroatoms. The molecule has 2 nitrogen and oxygen atoms in total. The van der Waals surface area contributed by atoms with Crippen LogP contribution < -0.4 is 4.74 Å². The summed E-state index contributed by atoms with van der Waals surface area (Å²) < 4.78 is 6.06. The molecule has 1 aromatic carbocycles. The number of benzene rings is 1. The van der Waals surface area contributed by atoms with E-state index in [1.165, 1.54) is 75.5 Å². The van der Waals surface area contributed by atoms with E-state index in [4.69, 9.17) is 4.74 Å². The fraction of sp³-hybridized carbons (Fsp3) is 0.727. The molecule has 0 saturated carbocycles. The lowest BCUT2D eigenvalue weighted by Gasteiger charge is -2.11. The van der Waals surface area contributed by atoms with Crippen molar-refractivity contribution in [1.29, 1.82) is 0 Å². The van der Waals surface area contributed by atoms with E-state index in [0.29, 0.717) is 5.75 Å². The fourth-order valence-electron chi connectivity index (χ4n) is 3.60. The van der Waals surface area contributed by atoms with E-state index in [1.54, 1.807) is 6.07 Å². The molecule has 1 unspecified atom stereocenters. The van der Waals surface area contributed by atoms with Gasteiger partial charge in [-0.3, -0.25) is 0 Å². The summed E-state index contributed by atoms with van der Waals surface area (Å²) in [5.74, 6) is 3.67. The molecule has 0 bridgehead atoms. The van der Waals surface area contributed by atoms with Crippen LogP contribution in [0.4, 0.5) is 0 Å². The smallest absolute Gasteiger partial charge is 0.126 e. The molecule has 1 N–H and O–H groups in total. The van der Waals surface area contributed by atoms with Crippen LogP contribution in [0.1, 0.15) is 82.3 Å². The molecule has 1 heterocycles. The van der Waals surface area contributed by atoms with Gasteiger partial charge in [-0.2, -0.15) is 11.8 Å². The number of phenolic OH excluding ortho intramolecular Hbond substituents is 1. The monoisotopic (exact) mass is 364 g/mol. The Morgan fingerprint density at radius 1 is 1.00 bits per heavy atom. The molecule has 0 saturated heterocycles. The molecule has 0 spiro atoms. The van der Waals surface area contributed by atoms with Crippen molar-refractivity contribution in [2.24, 2.45) is 0 Å². The maximum absolute atomic E-state index is 9.69. The van der Waals surface area contributed by atoms with Crippen molar-refractivity contribution in [3.63, 3.8) is 0 Å². The molecule has 0 aromatic heterocycles. The summed E-state index contributed by atoms with van der Waals surface area (Å²) in [4.78, 5) is 0. The minimum absolute atomic E-state index is 0.281. The van der Waals surface area contributed by atoms with Crippen molar-refractivity contribution in [1.82, 2.24) is 0 Å². The SMILES string of the molecule is CCCCCCCCCCCCSCC1Cc2cc(O)cc(C)c2O1. The molecular formula is C22H36O2S. The zero-order valence-corrected chi connectivity index (χ0v) is 17.0. The number of unbranched alkanes of at least 4 members (excludes halogenated alkanes) is 9. The highest BCUT2D eigenvalue weighted by Crippen LogP contribution is 2.36. The predicted molar refractivity (Wildman–Crippen MR) is 110 cm³/mol. The number of hydrogen-bond acceptors (Lipinski definition) is 3. The highest BCUT2D eigenvalue weighted by molar-refractivity contribution is 7.99. The molecule has 0 amide bonds. The van der Waals surface area contributed by atoms with Crippen LogP contribution in [0, 0.1) is 6.92 Å². The first kappa shape index (κ1) is 20.5. The number of aryl methyl sites for hydroxylation is 1. The van der Waals surface area contributed by atoms with Gasteiger partial charge in [-0.15, -0.1) is 0 Å². The summed E-state index contributed by atoms with van der Waals surface area (Å²) in [6.07, 6.45) is 15.2. The van der Waals surface area contributed by atoms with Crippen LogP contribution in [-0.4, -0.2) is 22.7 Å². The second kappa shape index (κ2) is 11.7. The van der Waals surface area contributed by atoms with Crippen LogP contribution >= 0.6 is 11.8 Å². The topological polar surface area (TPSA) is 29.5 Å². The summed E-state index contributed by atoms with van der Waals surface area (Å²) >= 11 is 2.02. The Bertz CT molecular complexity index is 501. The molecule has 2 rings (SSSR count). The normalized spacial score (nSPS) is 16.0. The van der Waals surface area contributed by atoms with E-state index in [-0.39, 0.29) is 6.10 Å². The van der Waals surface area contributed by atoms with Gasteiger partial charge in [0.1, 0.15) is 17.6 Å². The molecular weight excluding hydrogens is 328 g/mol. The minimum Gasteiger partial charge on any atom is -0.508 e. The van der Waals surface area contributed by atoms with Gasteiger partial charge in [-0.25, -0.2) is 0 Å². The van der Waals surface area contributed by atoms with Crippen molar-refractivity contribution in [2.45, 2.75) is 90.6 Å². The van der Waals surface area contributed by atoms with Gasteiger partial charge in [0.15, 0.2) is 0 Å². The number of fused-ring (bicyclic) bond motifs is 1. The summed E-state index contributed by atoms with van der Waals surface area (Å²) in [6, 6.07) is 3.65. The van der Waals surface area contributed by atoms with E-state index < -0.39 is 0 Å². The van der Waals surface area contributed by atoms with Crippen LogP contribution in [0.5, 0.6) is 11.5 Å². The summed E-state index contributed by atoms with van der Waals surface area (Å²) in [6.45, 7) is 4.29. The van der Waals surface area contributed by atoms with Gasteiger partial charge in [0.05, 0.1) is 0 Å². The van der Waals surface area contributed by atoms with Crippen LogP contribution in [0.2, 0.25) is 0 Å². The second-order valence-corrected chi connectivity index (χ2v) is 8.60. The zero-order chi connectivity index (χ0) is 17.9. The molecule has 1 aliphatic heterocycles. The maximum atomic E-state index is 9.69. The van der Waals surface area contributed by atoms with Crippen molar-refractivity contribution >= 4 is 11.8 Å². The van der Waals surface area contributed by atoms with E-state index in [9.17, 15) is 5.11 Å². The zero-order valence-electron chi connectivity index (χ0n) is 16.2. The Hall–Kier alpha value is -0.830. The van der Waals surface area contributed by atoms with Gasteiger partial charge in [-0.05, 0) is 36.8 Å². The molecule has 0 radical (unpaired) electrons. The van der Waals surface area contributed by atoms with Crippen molar-refractivity contribution < 1.29 is 9.84 Å². The molecule has 25 heavy (non-hydrogen) atoms. The van der Waals surface area contributed by atoms with E-state index in [0.717, 1.165) is 23.5 Å². The van der Waals surface area contributed by atoms with E-state index in [2.05, 4.69) is 6.92 Å². The minimum atomic E-state index is 0.281. The Balaban J connectivity index is 1.44. The summed E-state index contributed by atoms with van der Waals surface area (Å²) in [5.41, 5.74) is 2.22. The second-order valence-electron chi connectivity index (χ2n) is 7.45. The third kappa shape index (κ3) is 7.52. The lowest BCUT2D eigenvalue weighted by Crippen LogP contribution is -2.16. The summed E-state index contributed by atoms with van der Waals surface area (Å²) in [7, 11) is 0. The van der Waals surface area contributed by atoms with Gasteiger partial charge in [0, 0.05) is 17.7 Å². The van der Waals surface area contributed by atoms with Gasteiger partial charge < -0.3 is 9.84 Å². The fourth-order valence-corrected chi connectivity index (χ4v) is 4.62. The van der Waals surface area contributed by atoms with Gasteiger partial charge in [-0.1, -0.05) is 64.7 Å². The Labute approximate surface area is 158 Å². The predicted octanol–water partition coefficient (Wildman–Crippen LogP) is 6.66. The van der Waals surface area contributed by atoms with Gasteiger partial charge in [0.25, 0.3) is 0 Å². The molecule has 1 aliphatic rings. The van der Waals surface area contributed by atoms with Gasteiger partial charge in [0.2, 0.25) is 0 Å². The Morgan fingerprint density at radius 3 is 2.32 bits per heavy atom. The van der Waals surface area contributed by atoms with Crippen molar-refractivity contribution in [3.05, 3.63) is 23.3 Å². The number of phenols is 1. The first-order valence-electron chi connectivity index (χ1n) is 10.3. The van der Waals surface area contributed by atoms with Crippen LogP contribution in [0.3, 0.4) is 0 Å². The maximum Gasteiger partial charge on any atom is 0.126 e. The van der Waals surface area contributed by atoms with Crippen LogP contribution in [-0.2, 0) is 6.42 Å². The largest absolute Gasteiger partial charge is 0.508 e. The van der Waals surface area contributed by atoms with E-state index >= 15 is 0 Å². The first-order chi connectivity index (χ1) is 12.2. The molecule has 142 valence electrons. The van der Waals surface area contributed by atoms with Crippen LogP contribution in [0.25, 0.3) is 0 Å². The average molecular weight is 365 g/mol. The third-order valence-electron chi connectivity index (χ3n) is 5.01. The molecule has 1 atom stereocenters. The van der Waals surface area contributed by atoms with Crippen molar-refractivity contribution in [3.8, 4) is 11.5 Å². The van der Waals surface area contributed by atoms with Gasteiger partial charge >= 0.3 is 0 Å². The summed E-state index contributed by atoms with van der Waals surface area (Å²) in [5, 5.41) is 9.69. The third-order valence-corrected chi connectivity index (χ3v) is 6.20. The number of ether oxygens (including phenoxy) is 1. The molecule has 0 fully saturated rings. The highest BCUT2D eigenvalue weighted by atomic mass is 32.2. The standard InChI is InChI=1S/C22H36O2S/c1-3-4-5-6-7-8-9-10-11-12-13-25-17-21-16-19-15-20(23)14-18(2)22(19)24-21/h14-15,21,23H,3-13,16-17H2,1-2H3. The number of rotatable bonds is 13. The molecule has 0 aliphatic carbocycles. The Kier molecular flexibility index (Phi) is 9.60.